The summed E-state index contributed by atoms with van der Waals surface area (Å²) in [5.41, 5.74) is 4.91. The second-order valence-corrected chi connectivity index (χ2v) is 7.43. The lowest BCUT2D eigenvalue weighted by Gasteiger charge is -2.16. The summed E-state index contributed by atoms with van der Waals surface area (Å²) in [5.74, 6) is 0.977. The second kappa shape index (κ2) is 14.8. The zero-order chi connectivity index (χ0) is 21.5. The van der Waals surface area contributed by atoms with Gasteiger partial charge < -0.3 is 9.90 Å². The zero-order valence-electron chi connectivity index (χ0n) is 18.7. The monoisotopic (exact) mass is 385 g/mol. The summed E-state index contributed by atoms with van der Waals surface area (Å²) in [6.07, 6.45) is 9.17. The number of allylic oxidation sites excluding steroid dienone is 1. The van der Waals surface area contributed by atoms with Crippen molar-refractivity contribution in [2.75, 3.05) is 0 Å². The van der Waals surface area contributed by atoms with Gasteiger partial charge in [-0.1, -0.05) is 64.5 Å². The molecule has 0 saturated carbocycles. The van der Waals surface area contributed by atoms with Gasteiger partial charge in [-0.25, -0.2) is 0 Å². The molecule has 28 heavy (non-hydrogen) atoms. The van der Waals surface area contributed by atoms with E-state index in [0.717, 1.165) is 18.4 Å². The molecular weight excluding hydrogens is 346 g/mol. The summed E-state index contributed by atoms with van der Waals surface area (Å²) in [4.78, 5) is 13.6. The average molecular weight is 386 g/mol. The molecule has 0 spiro atoms. The summed E-state index contributed by atoms with van der Waals surface area (Å²) >= 11 is 0. The Morgan fingerprint density at radius 1 is 1.11 bits per heavy atom. The summed E-state index contributed by atoms with van der Waals surface area (Å²) in [6, 6.07) is 8.14. The van der Waals surface area contributed by atoms with Gasteiger partial charge in [-0.15, -0.1) is 0 Å². The van der Waals surface area contributed by atoms with Crippen molar-refractivity contribution < 1.29 is 9.90 Å². The van der Waals surface area contributed by atoms with Gasteiger partial charge in [0.2, 0.25) is 0 Å². The summed E-state index contributed by atoms with van der Waals surface area (Å²) in [5, 5.41) is 9.27. The van der Waals surface area contributed by atoms with Gasteiger partial charge in [-0.05, 0) is 57.1 Å². The van der Waals surface area contributed by atoms with E-state index in [0.29, 0.717) is 5.92 Å². The quantitative estimate of drug-likeness (QED) is 0.490. The molecule has 1 aromatic carbocycles. The Labute approximate surface area is 172 Å². The molecule has 0 aliphatic carbocycles. The number of aliphatic hydroxyl groups excluding tert-OH is 1. The fourth-order valence-electron chi connectivity index (χ4n) is 2.96. The molecule has 3 heteroatoms. The molecule has 0 aromatic heterocycles. The fraction of sp³-hybridized carbons (Fsp3) is 0.520. The molecule has 0 unspecified atom stereocenters. The number of benzene rings is 1. The second-order valence-electron chi connectivity index (χ2n) is 7.43. The van der Waals surface area contributed by atoms with E-state index in [1.807, 2.05) is 18.3 Å². The van der Waals surface area contributed by atoms with Crippen molar-refractivity contribution in [2.45, 2.75) is 86.0 Å². The van der Waals surface area contributed by atoms with Gasteiger partial charge in [0.1, 0.15) is 11.5 Å². The maximum atomic E-state index is 9.44. The molecule has 1 aromatic rings. The van der Waals surface area contributed by atoms with Crippen LogP contribution in [0.15, 0.2) is 47.6 Å². The van der Waals surface area contributed by atoms with Gasteiger partial charge in [0.15, 0.2) is 0 Å². The van der Waals surface area contributed by atoms with Crippen LogP contribution in [0.1, 0.15) is 97.1 Å². The third-order valence-electron chi connectivity index (χ3n) is 4.39. The molecule has 2 rings (SSSR count). The van der Waals surface area contributed by atoms with Crippen LogP contribution in [0.4, 0.5) is 0 Å². The molecular formula is C25H39NO2. The Morgan fingerprint density at radius 3 is 1.89 bits per heavy atom. The van der Waals surface area contributed by atoms with E-state index in [1.165, 1.54) is 56.4 Å². The van der Waals surface area contributed by atoms with Crippen LogP contribution in [-0.2, 0) is 4.79 Å². The Hall–Kier alpha value is -2.16. The van der Waals surface area contributed by atoms with Crippen LogP contribution in [0.3, 0.4) is 0 Å². The van der Waals surface area contributed by atoms with E-state index in [-0.39, 0.29) is 11.5 Å². The van der Waals surface area contributed by atoms with Crippen LogP contribution < -0.4 is 0 Å². The zero-order valence-corrected chi connectivity index (χ0v) is 18.7. The van der Waals surface area contributed by atoms with Gasteiger partial charge in [-0.2, -0.15) is 0 Å². The molecule has 0 amide bonds. The van der Waals surface area contributed by atoms with E-state index in [1.54, 1.807) is 0 Å². The molecule has 156 valence electrons. The van der Waals surface area contributed by atoms with Crippen molar-refractivity contribution in [2.24, 2.45) is 4.99 Å². The summed E-state index contributed by atoms with van der Waals surface area (Å²) < 4.78 is 0. The third kappa shape index (κ3) is 11.5. The molecule has 0 fully saturated rings. The first-order chi connectivity index (χ1) is 13.2. The topological polar surface area (TPSA) is 49.7 Å². The fourth-order valence-corrected chi connectivity index (χ4v) is 2.96. The lowest BCUT2D eigenvalue weighted by Crippen LogP contribution is -1.98. The summed E-state index contributed by atoms with van der Waals surface area (Å²) in [6.45, 7) is 15.3. The minimum Gasteiger partial charge on any atom is -0.508 e. The first kappa shape index (κ1) is 25.8. The van der Waals surface area contributed by atoms with Gasteiger partial charge >= 0.3 is 0 Å². The number of hydrogen-bond donors (Lipinski definition) is 1. The standard InChI is InChI=1S/C15H22O.C7H11N.C3H6O/c1-4-6-14(7-5-2)15-10-8-13(9-11-15)12(3)16;1-3-7-4-6(2)8-5-7;1-3(2)4/h8-11,14,16H,3-7H2,1-2H3;5H,3-4H2,1-2H3;1-2H3. The number of carbonyl (C=O) groups excluding carboxylic acids is 1. The SMILES string of the molecule is C=C(O)c1ccc(C(CCC)CCC)cc1.CC(C)=O.CCC1=CN=C(C)C1. The molecule has 1 heterocycles. The lowest BCUT2D eigenvalue weighted by atomic mass is 9.90. The van der Waals surface area contributed by atoms with E-state index in [4.69, 9.17) is 0 Å². The van der Waals surface area contributed by atoms with Crippen LogP contribution in [0.2, 0.25) is 0 Å². The maximum Gasteiger partial charge on any atom is 0.126 e. The average Bonchev–Trinajstić information content (AvgIpc) is 3.07. The first-order valence-corrected chi connectivity index (χ1v) is 10.4. The minimum atomic E-state index is 0.147. The maximum absolute atomic E-state index is 9.44. The predicted molar refractivity (Wildman–Crippen MR) is 123 cm³/mol. The Kier molecular flexibility index (Phi) is 13.7. The van der Waals surface area contributed by atoms with Crippen LogP contribution in [0.5, 0.6) is 0 Å². The molecule has 0 radical (unpaired) electrons. The highest BCUT2D eigenvalue weighted by atomic mass is 16.3. The van der Waals surface area contributed by atoms with E-state index in [9.17, 15) is 9.90 Å². The number of aliphatic imine (C=N–C) groups is 1. The molecule has 0 saturated heterocycles. The van der Waals surface area contributed by atoms with Gasteiger partial charge in [0.05, 0.1) is 0 Å². The number of aliphatic hydroxyl groups is 1. The number of carbonyl (C=O) groups is 1. The molecule has 1 aliphatic heterocycles. The third-order valence-corrected chi connectivity index (χ3v) is 4.39. The van der Waals surface area contributed by atoms with Crippen LogP contribution >= 0.6 is 0 Å². The van der Waals surface area contributed by atoms with Crippen molar-refractivity contribution in [1.82, 2.24) is 0 Å². The number of Topliss-reactive ketones (excluding diaryl/α,β-unsaturated/α-hetero) is 1. The number of ketones is 1. The highest BCUT2D eigenvalue weighted by Gasteiger charge is 2.09. The molecule has 3 nitrogen and oxygen atoms in total. The molecule has 0 bridgehead atoms. The van der Waals surface area contributed by atoms with E-state index >= 15 is 0 Å². The van der Waals surface area contributed by atoms with Crippen molar-refractivity contribution in [3.63, 3.8) is 0 Å². The van der Waals surface area contributed by atoms with Crippen LogP contribution in [0, 0.1) is 0 Å². The van der Waals surface area contributed by atoms with Crippen LogP contribution in [0.25, 0.3) is 5.76 Å². The highest BCUT2D eigenvalue weighted by Crippen LogP contribution is 2.27. The normalized spacial score (nSPS) is 12.2. The molecule has 0 atom stereocenters. The van der Waals surface area contributed by atoms with Gasteiger partial charge in [-0.3, -0.25) is 4.99 Å². The lowest BCUT2D eigenvalue weighted by molar-refractivity contribution is -0.114. The summed E-state index contributed by atoms with van der Waals surface area (Å²) in [7, 11) is 0. The highest BCUT2D eigenvalue weighted by molar-refractivity contribution is 5.86. The Bertz CT molecular complexity index is 644. The van der Waals surface area contributed by atoms with Gasteiger partial charge in [0.25, 0.3) is 0 Å². The number of hydrogen-bond acceptors (Lipinski definition) is 3. The largest absolute Gasteiger partial charge is 0.508 e. The van der Waals surface area contributed by atoms with Crippen LogP contribution in [-0.4, -0.2) is 16.6 Å². The van der Waals surface area contributed by atoms with E-state index in [2.05, 4.69) is 51.4 Å². The molecule has 1 aliphatic rings. The molecule has 1 N–H and O–H groups in total. The minimum absolute atomic E-state index is 0.147. The number of nitrogens with zero attached hydrogens (tertiary/aromatic N) is 1. The number of rotatable bonds is 7. The van der Waals surface area contributed by atoms with Gasteiger partial charge in [0, 0.05) is 23.9 Å². The van der Waals surface area contributed by atoms with Crippen molar-refractivity contribution in [3.8, 4) is 0 Å². The van der Waals surface area contributed by atoms with E-state index < -0.39 is 0 Å². The Balaban J connectivity index is 0.000000502. The smallest absolute Gasteiger partial charge is 0.126 e. The first-order valence-electron chi connectivity index (χ1n) is 10.4. The van der Waals surface area contributed by atoms with Crippen molar-refractivity contribution >= 4 is 17.3 Å². The predicted octanol–water partition coefficient (Wildman–Crippen LogP) is 7.64. The van der Waals surface area contributed by atoms with Crippen molar-refractivity contribution in [1.29, 1.82) is 0 Å². The Morgan fingerprint density at radius 2 is 1.61 bits per heavy atom. The van der Waals surface area contributed by atoms with Crippen molar-refractivity contribution in [3.05, 3.63) is 53.7 Å².